The second-order valence-electron chi connectivity index (χ2n) is 9.88. The van der Waals surface area contributed by atoms with Crippen LogP contribution < -0.4 is 16.4 Å². The van der Waals surface area contributed by atoms with Crippen molar-refractivity contribution in [2.24, 2.45) is 5.73 Å². The van der Waals surface area contributed by atoms with Crippen LogP contribution in [0.3, 0.4) is 0 Å². The zero-order chi connectivity index (χ0) is 30.5. The Bertz CT molecular complexity index is 1240. The third kappa shape index (κ3) is 9.70. The third-order valence-electron chi connectivity index (χ3n) is 6.49. The van der Waals surface area contributed by atoms with E-state index in [2.05, 4.69) is 10.6 Å². The van der Waals surface area contributed by atoms with E-state index in [1.165, 1.54) is 25.1 Å². The molecule has 0 unspecified atom stereocenters. The SMILES string of the molecule is CCCN(CCC)C(=O)c1cc(C(N)=O)cc(C(=O)N[C@@H](Cc2ccccc2)[C@@H](O)[C@H](O)[C@@H](CC#N)NC(C)=O)c1. The average molecular weight is 566 g/mol. The molecule has 4 atom stereocenters. The van der Waals surface area contributed by atoms with Gasteiger partial charge in [0.1, 0.15) is 12.2 Å². The summed E-state index contributed by atoms with van der Waals surface area (Å²) in [4.78, 5) is 52.1. The predicted molar refractivity (Wildman–Crippen MR) is 153 cm³/mol. The molecule has 2 rings (SSSR count). The predicted octanol–water partition coefficient (Wildman–Crippen LogP) is 1.53. The highest BCUT2D eigenvalue weighted by Gasteiger charge is 2.34. The lowest BCUT2D eigenvalue weighted by Crippen LogP contribution is -2.56. The van der Waals surface area contributed by atoms with Gasteiger partial charge in [0.2, 0.25) is 11.8 Å². The molecule has 11 heteroatoms. The van der Waals surface area contributed by atoms with Gasteiger partial charge < -0.3 is 31.5 Å². The van der Waals surface area contributed by atoms with Crippen LogP contribution in [-0.4, -0.2) is 76.1 Å². The Balaban J connectivity index is 2.46. The Kier molecular flexibility index (Phi) is 12.9. The summed E-state index contributed by atoms with van der Waals surface area (Å²) in [5, 5.41) is 36.4. The van der Waals surface area contributed by atoms with Crippen LogP contribution in [0.1, 0.15) is 76.7 Å². The molecule has 0 aliphatic carbocycles. The van der Waals surface area contributed by atoms with E-state index in [0.717, 1.165) is 18.4 Å². The number of nitrogens with zero attached hydrogens (tertiary/aromatic N) is 2. The molecular formula is C30H39N5O6. The number of nitriles is 1. The van der Waals surface area contributed by atoms with Crippen molar-refractivity contribution in [1.29, 1.82) is 5.26 Å². The Morgan fingerprint density at radius 2 is 1.46 bits per heavy atom. The molecule has 41 heavy (non-hydrogen) atoms. The first kappa shape index (κ1) is 32.9. The van der Waals surface area contributed by atoms with E-state index in [0.29, 0.717) is 13.1 Å². The summed E-state index contributed by atoms with van der Waals surface area (Å²) in [5.74, 6) is -2.39. The average Bonchev–Trinajstić information content (AvgIpc) is 2.95. The lowest BCUT2D eigenvalue weighted by molar-refractivity contribution is -0.121. The highest BCUT2D eigenvalue weighted by Crippen LogP contribution is 2.17. The molecule has 0 radical (unpaired) electrons. The van der Waals surface area contributed by atoms with Crippen molar-refractivity contribution in [2.45, 2.75) is 70.7 Å². The van der Waals surface area contributed by atoms with Crippen LogP contribution in [0.5, 0.6) is 0 Å². The fourth-order valence-electron chi connectivity index (χ4n) is 4.53. The number of aliphatic hydroxyl groups excluding tert-OH is 2. The third-order valence-corrected chi connectivity index (χ3v) is 6.49. The van der Waals surface area contributed by atoms with Gasteiger partial charge in [-0.05, 0) is 43.0 Å². The van der Waals surface area contributed by atoms with Gasteiger partial charge in [-0.25, -0.2) is 0 Å². The second kappa shape index (κ2) is 16.1. The Hall–Kier alpha value is -4.27. The zero-order valence-corrected chi connectivity index (χ0v) is 23.7. The maximum absolute atomic E-state index is 13.5. The van der Waals surface area contributed by atoms with Crippen molar-refractivity contribution >= 4 is 23.6 Å². The van der Waals surface area contributed by atoms with E-state index < -0.39 is 42.0 Å². The topological polar surface area (TPSA) is 186 Å². The minimum atomic E-state index is -1.60. The summed E-state index contributed by atoms with van der Waals surface area (Å²) < 4.78 is 0. The maximum Gasteiger partial charge on any atom is 0.253 e. The maximum atomic E-state index is 13.5. The molecule has 0 aliphatic rings. The molecule has 0 bridgehead atoms. The lowest BCUT2D eigenvalue weighted by atomic mass is 9.92. The van der Waals surface area contributed by atoms with Crippen molar-refractivity contribution in [3.05, 3.63) is 70.8 Å². The summed E-state index contributed by atoms with van der Waals surface area (Å²) in [6.45, 7) is 6.09. The first-order valence-corrected chi connectivity index (χ1v) is 13.6. The number of amides is 4. The van der Waals surface area contributed by atoms with Gasteiger partial charge in [-0.3, -0.25) is 19.2 Å². The first-order chi connectivity index (χ1) is 19.5. The molecular weight excluding hydrogens is 526 g/mol. The van der Waals surface area contributed by atoms with Crippen LogP contribution >= 0.6 is 0 Å². The molecule has 0 aromatic heterocycles. The molecule has 6 N–H and O–H groups in total. The van der Waals surface area contributed by atoms with Crippen molar-refractivity contribution in [3.63, 3.8) is 0 Å². The Morgan fingerprint density at radius 1 is 0.902 bits per heavy atom. The van der Waals surface area contributed by atoms with Crippen LogP contribution in [0.2, 0.25) is 0 Å². The molecule has 0 saturated heterocycles. The molecule has 2 aromatic rings. The molecule has 2 aromatic carbocycles. The summed E-state index contributed by atoms with van der Waals surface area (Å²) in [7, 11) is 0. The Labute approximate surface area is 240 Å². The summed E-state index contributed by atoms with van der Waals surface area (Å²) >= 11 is 0. The smallest absolute Gasteiger partial charge is 0.253 e. The minimum Gasteiger partial charge on any atom is -0.388 e. The van der Waals surface area contributed by atoms with Crippen LogP contribution in [0.4, 0.5) is 0 Å². The molecule has 0 heterocycles. The zero-order valence-electron chi connectivity index (χ0n) is 23.7. The van der Waals surface area contributed by atoms with Gasteiger partial charge in [-0.15, -0.1) is 0 Å². The molecule has 220 valence electrons. The van der Waals surface area contributed by atoms with Crippen molar-refractivity contribution in [1.82, 2.24) is 15.5 Å². The monoisotopic (exact) mass is 565 g/mol. The molecule has 4 amide bonds. The quantitative estimate of drug-likeness (QED) is 0.217. The number of hydrogen-bond acceptors (Lipinski definition) is 7. The number of aliphatic hydroxyl groups is 2. The lowest BCUT2D eigenvalue weighted by Gasteiger charge is -2.32. The molecule has 0 fully saturated rings. The normalized spacial score (nSPS) is 13.7. The van der Waals surface area contributed by atoms with Gasteiger partial charge in [0.05, 0.1) is 24.6 Å². The largest absolute Gasteiger partial charge is 0.388 e. The van der Waals surface area contributed by atoms with Gasteiger partial charge in [0.15, 0.2) is 0 Å². The number of benzene rings is 2. The highest BCUT2D eigenvalue weighted by molar-refractivity contribution is 6.04. The van der Waals surface area contributed by atoms with E-state index in [9.17, 15) is 29.4 Å². The van der Waals surface area contributed by atoms with E-state index in [1.807, 2.05) is 19.9 Å². The van der Waals surface area contributed by atoms with Gasteiger partial charge in [-0.2, -0.15) is 5.26 Å². The van der Waals surface area contributed by atoms with Gasteiger partial charge in [0, 0.05) is 36.7 Å². The van der Waals surface area contributed by atoms with Crippen LogP contribution in [0.15, 0.2) is 48.5 Å². The van der Waals surface area contributed by atoms with Crippen LogP contribution in [-0.2, 0) is 11.2 Å². The van der Waals surface area contributed by atoms with Crippen LogP contribution in [0, 0.1) is 11.3 Å². The van der Waals surface area contributed by atoms with Crippen molar-refractivity contribution in [2.75, 3.05) is 13.1 Å². The van der Waals surface area contributed by atoms with E-state index in [4.69, 9.17) is 11.0 Å². The number of rotatable bonds is 15. The molecule has 0 spiro atoms. The van der Waals surface area contributed by atoms with Gasteiger partial charge in [-0.1, -0.05) is 44.2 Å². The summed E-state index contributed by atoms with van der Waals surface area (Å²) in [6, 6.07) is 12.6. The van der Waals surface area contributed by atoms with Gasteiger partial charge in [0.25, 0.3) is 11.8 Å². The Morgan fingerprint density at radius 3 is 2.00 bits per heavy atom. The number of nitrogens with one attached hydrogen (secondary N) is 2. The van der Waals surface area contributed by atoms with Crippen molar-refractivity contribution in [3.8, 4) is 6.07 Å². The molecule has 11 nitrogen and oxygen atoms in total. The number of carbonyl (C=O) groups excluding carboxylic acids is 4. The number of nitrogens with two attached hydrogens (primary N) is 1. The number of carbonyl (C=O) groups is 4. The number of primary amides is 1. The second-order valence-corrected chi connectivity index (χ2v) is 9.88. The van der Waals surface area contributed by atoms with Crippen molar-refractivity contribution < 1.29 is 29.4 Å². The molecule has 0 saturated carbocycles. The van der Waals surface area contributed by atoms with E-state index in [1.54, 1.807) is 35.2 Å². The fraction of sp³-hybridized carbons (Fsp3) is 0.433. The highest BCUT2D eigenvalue weighted by atomic mass is 16.3. The summed E-state index contributed by atoms with van der Waals surface area (Å²) in [6.07, 6.45) is -1.94. The van der Waals surface area contributed by atoms with E-state index >= 15 is 0 Å². The standard InChI is InChI=1S/C30H39N5O6/c1-4-13-35(14-5-2)30(41)23-17-21(28(32)39)16-22(18-23)29(40)34-25(15-20-9-7-6-8-10-20)27(38)26(37)24(11-12-31)33-19(3)36/h6-10,16-18,24-27,37-38H,4-5,11,13-15H2,1-3H3,(H2,32,39)(H,33,36)(H,34,40)/t24-,25+,26-,27-/m1/s1. The van der Waals surface area contributed by atoms with Gasteiger partial charge >= 0.3 is 0 Å². The minimum absolute atomic E-state index is 0.0334. The van der Waals surface area contributed by atoms with E-state index in [-0.39, 0.29) is 35.4 Å². The first-order valence-electron chi connectivity index (χ1n) is 13.6. The molecule has 0 aliphatic heterocycles. The fourth-order valence-corrected chi connectivity index (χ4v) is 4.53. The number of hydrogen-bond donors (Lipinski definition) is 5. The summed E-state index contributed by atoms with van der Waals surface area (Å²) in [5.41, 5.74) is 6.29. The van der Waals surface area contributed by atoms with Crippen LogP contribution in [0.25, 0.3) is 0 Å².